The maximum absolute atomic E-state index is 5.82. The third kappa shape index (κ3) is 4.08. The summed E-state index contributed by atoms with van der Waals surface area (Å²) in [6.45, 7) is 1.95. The van der Waals surface area contributed by atoms with Gasteiger partial charge in [-0.05, 0) is 18.2 Å². The average molecular weight is 209 g/mol. The van der Waals surface area contributed by atoms with Crippen LogP contribution in [0.2, 0.25) is 0 Å². The summed E-state index contributed by atoms with van der Waals surface area (Å²) in [4.78, 5) is 0. The highest BCUT2D eigenvalue weighted by atomic mass is 15.3. The predicted molar refractivity (Wildman–Crippen MR) is 66.7 cm³/mol. The molecule has 4 nitrogen and oxygen atoms in total. The second-order valence-corrected chi connectivity index (χ2v) is 4.79. The molecule has 5 N–H and O–H groups in total. The molecule has 0 atom stereocenters. The number of quaternary nitrogens is 1. The predicted octanol–water partition coefficient (Wildman–Crippen LogP) is 0.969. The van der Waals surface area contributed by atoms with Gasteiger partial charge in [-0.1, -0.05) is 0 Å². The summed E-state index contributed by atoms with van der Waals surface area (Å²) in [5.41, 5.74) is 13.8. The maximum Gasteiger partial charge on any atom is 0.0955 e. The summed E-state index contributed by atoms with van der Waals surface area (Å²) < 4.78 is 0.932. The Balaban J connectivity index is 2.51. The molecule has 0 aliphatic heterocycles. The number of nitrogens with zero attached hydrogens (tertiary/aromatic N) is 1. The lowest BCUT2D eigenvalue weighted by Gasteiger charge is -2.24. The molecule has 0 fully saturated rings. The fourth-order valence-corrected chi connectivity index (χ4v) is 1.27. The molecule has 0 spiro atoms. The topological polar surface area (TPSA) is 64.1 Å². The van der Waals surface area contributed by atoms with Crippen molar-refractivity contribution in [2.75, 3.05) is 51.0 Å². The van der Waals surface area contributed by atoms with E-state index in [1.54, 1.807) is 6.07 Å². The lowest BCUT2D eigenvalue weighted by Crippen LogP contribution is -2.38. The van der Waals surface area contributed by atoms with Gasteiger partial charge in [-0.25, -0.2) is 0 Å². The number of nitrogens with one attached hydrogen (secondary N) is 1. The number of anilines is 3. The molecule has 0 radical (unpaired) electrons. The van der Waals surface area contributed by atoms with Crippen molar-refractivity contribution >= 4 is 17.1 Å². The van der Waals surface area contributed by atoms with Gasteiger partial charge < -0.3 is 21.3 Å². The second kappa shape index (κ2) is 4.40. The highest BCUT2D eigenvalue weighted by Gasteiger charge is 2.06. The summed E-state index contributed by atoms with van der Waals surface area (Å²) >= 11 is 0. The number of hydrogen-bond acceptors (Lipinski definition) is 3. The summed E-state index contributed by atoms with van der Waals surface area (Å²) in [6.07, 6.45) is 0. The van der Waals surface area contributed by atoms with Crippen molar-refractivity contribution in [1.82, 2.24) is 0 Å². The Morgan fingerprint density at radius 2 is 1.87 bits per heavy atom. The van der Waals surface area contributed by atoms with Crippen LogP contribution >= 0.6 is 0 Å². The normalized spacial score (nSPS) is 11.4. The minimum absolute atomic E-state index is 0.699. The van der Waals surface area contributed by atoms with Crippen molar-refractivity contribution in [3.63, 3.8) is 0 Å². The van der Waals surface area contributed by atoms with E-state index >= 15 is 0 Å². The first kappa shape index (κ1) is 11.7. The van der Waals surface area contributed by atoms with E-state index in [1.807, 2.05) is 12.1 Å². The van der Waals surface area contributed by atoms with Crippen LogP contribution < -0.4 is 16.8 Å². The number of hydrogen-bond donors (Lipinski definition) is 3. The highest BCUT2D eigenvalue weighted by molar-refractivity contribution is 5.70. The smallest absolute Gasteiger partial charge is 0.0955 e. The quantitative estimate of drug-likeness (QED) is 0.511. The van der Waals surface area contributed by atoms with Gasteiger partial charge in [0.1, 0.15) is 0 Å². The van der Waals surface area contributed by atoms with Gasteiger partial charge in [-0.15, -0.1) is 0 Å². The van der Waals surface area contributed by atoms with Crippen LogP contribution in [-0.2, 0) is 0 Å². The maximum atomic E-state index is 5.82. The average Bonchev–Trinajstić information content (AvgIpc) is 2.07. The zero-order chi connectivity index (χ0) is 11.5. The molecule has 0 aliphatic carbocycles. The lowest BCUT2D eigenvalue weighted by atomic mass is 10.2. The fraction of sp³-hybridized carbons (Fsp3) is 0.455. The Labute approximate surface area is 91.5 Å². The molecular weight excluding hydrogens is 188 g/mol. The van der Waals surface area contributed by atoms with Crippen molar-refractivity contribution in [2.45, 2.75) is 0 Å². The summed E-state index contributed by atoms with van der Waals surface area (Å²) in [6, 6.07) is 5.54. The molecule has 1 rings (SSSR count). The third-order valence-electron chi connectivity index (χ3n) is 2.17. The van der Waals surface area contributed by atoms with Gasteiger partial charge in [0.2, 0.25) is 0 Å². The number of rotatable bonds is 4. The van der Waals surface area contributed by atoms with Gasteiger partial charge in [-0.3, -0.25) is 0 Å². The van der Waals surface area contributed by atoms with E-state index in [0.717, 1.165) is 23.3 Å². The zero-order valence-electron chi connectivity index (χ0n) is 9.75. The summed E-state index contributed by atoms with van der Waals surface area (Å²) in [5, 5.41) is 3.30. The Morgan fingerprint density at radius 3 is 2.40 bits per heavy atom. The van der Waals surface area contributed by atoms with Crippen LogP contribution in [-0.4, -0.2) is 38.7 Å². The monoisotopic (exact) mass is 209 g/mol. The van der Waals surface area contributed by atoms with Crippen molar-refractivity contribution in [3.8, 4) is 0 Å². The Hall–Kier alpha value is -1.42. The molecule has 15 heavy (non-hydrogen) atoms. The van der Waals surface area contributed by atoms with Gasteiger partial charge in [0.25, 0.3) is 0 Å². The van der Waals surface area contributed by atoms with Gasteiger partial charge in [0, 0.05) is 5.69 Å². The van der Waals surface area contributed by atoms with E-state index in [9.17, 15) is 0 Å². The number of benzene rings is 1. The first-order chi connectivity index (χ1) is 6.88. The summed E-state index contributed by atoms with van der Waals surface area (Å²) in [7, 11) is 6.48. The van der Waals surface area contributed by atoms with E-state index in [1.165, 1.54) is 0 Å². The minimum Gasteiger partial charge on any atom is -0.399 e. The molecule has 84 valence electrons. The molecular formula is C11H21N4+. The first-order valence-corrected chi connectivity index (χ1v) is 5.08. The van der Waals surface area contributed by atoms with Crippen molar-refractivity contribution in [3.05, 3.63) is 18.2 Å². The van der Waals surface area contributed by atoms with Gasteiger partial charge in [-0.2, -0.15) is 0 Å². The fourth-order valence-electron chi connectivity index (χ4n) is 1.27. The third-order valence-corrected chi connectivity index (χ3v) is 2.17. The second-order valence-electron chi connectivity index (χ2n) is 4.79. The summed E-state index contributed by atoms with van der Waals surface area (Å²) in [5.74, 6) is 0. The van der Waals surface area contributed by atoms with Crippen LogP contribution in [0.4, 0.5) is 17.1 Å². The molecule has 0 aliphatic rings. The SMILES string of the molecule is C[N+](C)(C)CCNc1ccc(N)cc1N. The molecule has 0 heterocycles. The molecule has 0 unspecified atom stereocenters. The van der Waals surface area contributed by atoms with Crippen molar-refractivity contribution < 1.29 is 4.48 Å². The van der Waals surface area contributed by atoms with E-state index < -0.39 is 0 Å². The van der Waals surface area contributed by atoms with Gasteiger partial charge in [0.05, 0.1) is 45.6 Å². The van der Waals surface area contributed by atoms with Crippen LogP contribution in [0.15, 0.2) is 18.2 Å². The van der Waals surface area contributed by atoms with Crippen LogP contribution in [0.25, 0.3) is 0 Å². The van der Waals surface area contributed by atoms with Crippen molar-refractivity contribution in [1.29, 1.82) is 0 Å². The molecule has 0 aromatic heterocycles. The van der Waals surface area contributed by atoms with E-state index in [2.05, 4.69) is 26.5 Å². The van der Waals surface area contributed by atoms with Crippen LogP contribution in [0.3, 0.4) is 0 Å². The van der Waals surface area contributed by atoms with E-state index in [-0.39, 0.29) is 0 Å². The Kier molecular flexibility index (Phi) is 3.42. The molecule has 1 aromatic carbocycles. The number of likely N-dealkylation sites (N-methyl/N-ethyl adjacent to an activating group) is 1. The van der Waals surface area contributed by atoms with Crippen LogP contribution in [0.5, 0.6) is 0 Å². The molecule has 4 heteroatoms. The molecule has 0 bridgehead atoms. The molecule has 0 saturated carbocycles. The Bertz CT molecular complexity index is 328. The van der Waals surface area contributed by atoms with Crippen molar-refractivity contribution in [2.24, 2.45) is 0 Å². The zero-order valence-corrected chi connectivity index (χ0v) is 9.75. The van der Waals surface area contributed by atoms with Crippen LogP contribution in [0.1, 0.15) is 0 Å². The minimum atomic E-state index is 0.699. The molecule has 0 amide bonds. The number of nitrogen functional groups attached to an aromatic ring is 2. The van der Waals surface area contributed by atoms with Gasteiger partial charge >= 0.3 is 0 Å². The van der Waals surface area contributed by atoms with Gasteiger partial charge in [0.15, 0.2) is 0 Å². The lowest BCUT2D eigenvalue weighted by molar-refractivity contribution is -0.868. The molecule has 1 aromatic rings. The standard InChI is InChI=1S/C11H21N4/c1-15(2,3)7-6-14-11-5-4-9(12)8-10(11)13/h4-5,8,14H,6-7,12-13H2,1-3H3/q+1. The molecule has 0 saturated heterocycles. The highest BCUT2D eigenvalue weighted by Crippen LogP contribution is 2.20. The van der Waals surface area contributed by atoms with Crippen LogP contribution in [0, 0.1) is 0 Å². The first-order valence-electron chi connectivity index (χ1n) is 5.08. The van der Waals surface area contributed by atoms with E-state index in [0.29, 0.717) is 11.4 Å². The number of nitrogens with two attached hydrogens (primary N) is 2. The van der Waals surface area contributed by atoms with E-state index in [4.69, 9.17) is 11.5 Å². The Morgan fingerprint density at radius 1 is 1.20 bits per heavy atom. The largest absolute Gasteiger partial charge is 0.399 e.